The van der Waals surface area contributed by atoms with Crippen molar-refractivity contribution in [1.29, 1.82) is 0 Å². The number of rotatable bonds is 3. The molecule has 9 nitrogen and oxygen atoms in total. The van der Waals surface area contributed by atoms with Gasteiger partial charge in [0.05, 0.1) is 18.4 Å². The highest BCUT2D eigenvalue weighted by atomic mass is 32.2. The molecular formula is C18H13N5O4S. The smallest absolute Gasteiger partial charge is 0.345 e. The van der Waals surface area contributed by atoms with E-state index in [1.807, 2.05) is 12.1 Å². The predicted octanol–water partition coefficient (Wildman–Crippen LogP) is 2.71. The fourth-order valence-electron chi connectivity index (χ4n) is 2.97. The van der Waals surface area contributed by atoms with Gasteiger partial charge < -0.3 is 13.7 Å². The lowest BCUT2D eigenvalue weighted by molar-refractivity contribution is 0.399. The number of nitrogens with zero attached hydrogens (tertiary/aromatic N) is 5. The number of para-hydroxylation sites is 1. The van der Waals surface area contributed by atoms with Crippen LogP contribution in [0.2, 0.25) is 0 Å². The molecule has 0 fully saturated rings. The molecule has 0 radical (unpaired) electrons. The molecule has 1 aliphatic rings. The van der Waals surface area contributed by atoms with E-state index in [4.69, 9.17) is 13.7 Å². The Hall–Kier alpha value is -3.40. The van der Waals surface area contributed by atoms with Gasteiger partial charge in [-0.05, 0) is 19.1 Å². The molecule has 0 spiro atoms. The summed E-state index contributed by atoms with van der Waals surface area (Å²) >= 11 is 1.43. The number of aromatic nitrogens is 4. The average Bonchev–Trinajstić information content (AvgIpc) is 3.32. The fraction of sp³-hybridized carbons (Fsp3) is 0.167. The van der Waals surface area contributed by atoms with Crippen molar-refractivity contribution in [3.8, 4) is 17.3 Å². The molecule has 140 valence electrons. The Bertz CT molecular complexity index is 1300. The number of hydrogen-bond acceptors (Lipinski definition) is 9. The van der Waals surface area contributed by atoms with E-state index in [1.165, 1.54) is 18.9 Å². The molecule has 0 saturated carbocycles. The summed E-state index contributed by atoms with van der Waals surface area (Å²) in [6.07, 6.45) is 0. The first-order chi connectivity index (χ1) is 13.6. The maximum absolute atomic E-state index is 12.6. The minimum absolute atomic E-state index is 0.384. The summed E-state index contributed by atoms with van der Waals surface area (Å²) in [5.74, 6) is 2.08. The molecule has 4 heterocycles. The van der Waals surface area contributed by atoms with Gasteiger partial charge in [0.2, 0.25) is 11.0 Å². The first-order valence-corrected chi connectivity index (χ1v) is 9.33. The molecule has 0 atom stereocenters. The zero-order valence-electron chi connectivity index (χ0n) is 14.9. The van der Waals surface area contributed by atoms with Gasteiger partial charge in [-0.15, -0.1) is 10.2 Å². The molecule has 0 saturated heterocycles. The van der Waals surface area contributed by atoms with E-state index in [2.05, 4.69) is 20.5 Å². The summed E-state index contributed by atoms with van der Waals surface area (Å²) in [5, 5.41) is 18.2. The standard InChI is InChI=1S/C18H13N5O4S/c1-9-6-12(22-27-9)16-19-20-18-23(16)21-13(8-28-18)11-7-10-4-3-5-14(25-2)15(10)26-17(11)24/h3-7H,8H2,1-2H3. The first-order valence-electron chi connectivity index (χ1n) is 8.35. The third kappa shape index (κ3) is 2.61. The minimum Gasteiger partial charge on any atom is -0.493 e. The molecule has 5 rings (SSSR count). The molecule has 3 aromatic heterocycles. The van der Waals surface area contributed by atoms with E-state index >= 15 is 0 Å². The normalized spacial score (nSPS) is 13.4. The number of benzene rings is 1. The Kier molecular flexibility index (Phi) is 3.79. The summed E-state index contributed by atoms with van der Waals surface area (Å²) in [7, 11) is 1.53. The first kappa shape index (κ1) is 16.8. The van der Waals surface area contributed by atoms with Crippen LogP contribution in [-0.4, -0.2) is 38.6 Å². The lowest BCUT2D eigenvalue weighted by Crippen LogP contribution is -2.21. The average molecular weight is 395 g/mol. The number of fused-ring (bicyclic) bond motifs is 2. The van der Waals surface area contributed by atoms with Crippen LogP contribution < -0.4 is 10.4 Å². The Balaban J connectivity index is 1.65. The van der Waals surface area contributed by atoms with Crippen molar-refractivity contribution in [1.82, 2.24) is 20.0 Å². The SMILES string of the molecule is COc1cccc2cc(C3=Nn4c(nnc4-c4cc(C)on4)SC3)c(=O)oc12. The third-order valence-electron chi connectivity index (χ3n) is 4.28. The molecule has 0 unspecified atom stereocenters. The molecular weight excluding hydrogens is 382 g/mol. The maximum Gasteiger partial charge on any atom is 0.345 e. The number of thioether (sulfide) groups is 1. The van der Waals surface area contributed by atoms with E-state index in [0.717, 1.165) is 5.39 Å². The van der Waals surface area contributed by atoms with Gasteiger partial charge in [-0.25, -0.2) is 4.79 Å². The molecule has 4 aromatic rings. The van der Waals surface area contributed by atoms with Crippen LogP contribution in [0, 0.1) is 6.92 Å². The highest BCUT2D eigenvalue weighted by molar-refractivity contribution is 7.99. The topological polar surface area (TPSA) is 109 Å². The Morgan fingerprint density at radius 1 is 1.25 bits per heavy atom. The van der Waals surface area contributed by atoms with Crippen LogP contribution in [0.15, 0.2) is 54.3 Å². The maximum atomic E-state index is 12.6. The number of aryl methyl sites for hydroxylation is 1. The van der Waals surface area contributed by atoms with Crippen molar-refractivity contribution in [3.05, 3.63) is 52.1 Å². The number of ether oxygens (including phenoxy) is 1. The summed E-state index contributed by atoms with van der Waals surface area (Å²) in [6.45, 7) is 1.79. The zero-order chi connectivity index (χ0) is 19.3. The highest BCUT2D eigenvalue weighted by Gasteiger charge is 2.24. The van der Waals surface area contributed by atoms with Gasteiger partial charge in [-0.2, -0.15) is 9.78 Å². The molecule has 1 aliphatic heterocycles. The van der Waals surface area contributed by atoms with Crippen molar-refractivity contribution < 1.29 is 13.7 Å². The van der Waals surface area contributed by atoms with E-state index in [0.29, 0.717) is 50.8 Å². The Morgan fingerprint density at radius 2 is 2.14 bits per heavy atom. The number of hydrogen-bond donors (Lipinski definition) is 0. The Labute approximate surface area is 162 Å². The lowest BCUT2D eigenvalue weighted by Gasteiger charge is -2.13. The van der Waals surface area contributed by atoms with Gasteiger partial charge in [-0.3, -0.25) is 0 Å². The zero-order valence-corrected chi connectivity index (χ0v) is 15.7. The largest absolute Gasteiger partial charge is 0.493 e. The van der Waals surface area contributed by atoms with Crippen LogP contribution in [0.25, 0.3) is 22.5 Å². The summed E-state index contributed by atoms with van der Waals surface area (Å²) in [6, 6.07) is 8.95. The molecule has 1 aromatic carbocycles. The second-order valence-electron chi connectivity index (χ2n) is 6.10. The van der Waals surface area contributed by atoms with Gasteiger partial charge in [0.25, 0.3) is 0 Å². The second-order valence-corrected chi connectivity index (χ2v) is 7.04. The van der Waals surface area contributed by atoms with Crippen LogP contribution in [0.1, 0.15) is 11.3 Å². The van der Waals surface area contributed by atoms with Gasteiger partial charge >= 0.3 is 5.63 Å². The van der Waals surface area contributed by atoms with E-state index in [-0.39, 0.29) is 0 Å². The summed E-state index contributed by atoms with van der Waals surface area (Å²) in [4.78, 5) is 12.6. The van der Waals surface area contributed by atoms with Gasteiger partial charge in [0.15, 0.2) is 17.0 Å². The summed E-state index contributed by atoms with van der Waals surface area (Å²) in [5.41, 5.74) is 1.41. The predicted molar refractivity (Wildman–Crippen MR) is 102 cm³/mol. The number of methoxy groups -OCH3 is 1. The minimum atomic E-state index is -0.480. The second kappa shape index (κ2) is 6.34. The van der Waals surface area contributed by atoms with Crippen molar-refractivity contribution in [2.45, 2.75) is 12.1 Å². The van der Waals surface area contributed by atoms with Crippen molar-refractivity contribution >= 4 is 28.4 Å². The van der Waals surface area contributed by atoms with E-state index in [1.54, 1.807) is 29.8 Å². The monoisotopic (exact) mass is 395 g/mol. The lowest BCUT2D eigenvalue weighted by atomic mass is 10.1. The van der Waals surface area contributed by atoms with E-state index in [9.17, 15) is 4.79 Å². The van der Waals surface area contributed by atoms with E-state index < -0.39 is 5.63 Å². The van der Waals surface area contributed by atoms with Crippen molar-refractivity contribution in [2.75, 3.05) is 12.9 Å². The quantitative estimate of drug-likeness (QED) is 0.487. The summed E-state index contributed by atoms with van der Waals surface area (Å²) < 4.78 is 17.5. The molecule has 0 aliphatic carbocycles. The highest BCUT2D eigenvalue weighted by Crippen LogP contribution is 2.29. The Morgan fingerprint density at radius 3 is 2.93 bits per heavy atom. The molecule has 10 heteroatoms. The van der Waals surface area contributed by atoms with Crippen LogP contribution in [0.3, 0.4) is 0 Å². The van der Waals surface area contributed by atoms with Gasteiger partial charge in [0.1, 0.15) is 5.76 Å². The molecule has 28 heavy (non-hydrogen) atoms. The molecule has 0 N–H and O–H groups in total. The third-order valence-corrected chi connectivity index (χ3v) is 5.21. The van der Waals surface area contributed by atoms with Crippen molar-refractivity contribution in [2.24, 2.45) is 5.10 Å². The van der Waals surface area contributed by atoms with Crippen LogP contribution >= 0.6 is 11.8 Å². The fourth-order valence-corrected chi connectivity index (χ4v) is 3.80. The van der Waals surface area contributed by atoms with Crippen LogP contribution in [0.5, 0.6) is 5.75 Å². The van der Waals surface area contributed by atoms with Crippen LogP contribution in [-0.2, 0) is 0 Å². The molecule has 0 bridgehead atoms. The van der Waals surface area contributed by atoms with Crippen molar-refractivity contribution in [3.63, 3.8) is 0 Å². The van der Waals surface area contributed by atoms with Crippen LogP contribution in [0.4, 0.5) is 0 Å². The van der Waals surface area contributed by atoms with Gasteiger partial charge in [0, 0.05) is 17.2 Å². The molecule has 0 amide bonds. The van der Waals surface area contributed by atoms with Gasteiger partial charge in [-0.1, -0.05) is 29.1 Å².